The van der Waals surface area contributed by atoms with Gasteiger partial charge in [-0.25, -0.2) is 4.39 Å². The molecular formula is C11H11ClFN3O. The van der Waals surface area contributed by atoms with E-state index in [1.807, 2.05) is 0 Å². The first-order valence-corrected chi connectivity index (χ1v) is 5.07. The van der Waals surface area contributed by atoms with Crippen molar-refractivity contribution >= 4 is 12.4 Å². The molecule has 1 aliphatic carbocycles. The van der Waals surface area contributed by atoms with Crippen LogP contribution >= 0.6 is 12.4 Å². The van der Waals surface area contributed by atoms with Gasteiger partial charge in [0.15, 0.2) is 0 Å². The lowest BCUT2D eigenvalue weighted by Gasteiger charge is -1.98. The van der Waals surface area contributed by atoms with Gasteiger partial charge in [-0.1, -0.05) is 17.3 Å². The Kier molecular flexibility index (Phi) is 2.89. The fourth-order valence-corrected chi connectivity index (χ4v) is 1.53. The van der Waals surface area contributed by atoms with Gasteiger partial charge >= 0.3 is 0 Å². The monoisotopic (exact) mass is 255 g/mol. The molecule has 2 N–H and O–H groups in total. The van der Waals surface area contributed by atoms with Crippen LogP contribution in [0.5, 0.6) is 0 Å². The van der Waals surface area contributed by atoms with Crippen molar-refractivity contribution in [3.05, 3.63) is 36.0 Å². The quantitative estimate of drug-likeness (QED) is 0.894. The molecular weight excluding hydrogens is 245 g/mol. The molecule has 3 rings (SSSR count). The summed E-state index contributed by atoms with van der Waals surface area (Å²) in [7, 11) is 0. The third-order valence-corrected chi connectivity index (χ3v) is 2.76. The molecule has 0 spiro atoms. The zero-order chi connectivity index (χ0) is 11.2. The number of hydrogen-bond acceptors (Lipinski definition) is 4. The second-order valence-corrected chi connectivity index (χ2v) is 4.06. The number of nitrogens with two attached hydrogens (primary N) is 1. The van der Waals surface area contributed by atoms with Crippen molar-refractivity contribution in [3.63, 3.8) is 0 Å². The van der Waals surface area contributed by atoms with Crippen LogP contribution in [0.25, 0.3) is 11.4 Å². The van der Waals surface area contributed by atoms with Gasteiger partial charge in [0.2, 0.25) is 11.7 Å². The number of nitrogens with zero attached hydrogens (tertiary/aromatic N) is 2. The lowest BCUT2D eigenvalue weighted by Crippen LogP contribution is -2.18. The maximum atomic E-state index is 13.4. The fourth-order valence-electron chi connectivity index (χ4n) is 1.53. The highest BCUT2D eigenvalue weighted by Crippen LogP contribution is 2.42. The summed E-state index contributed by atoms with van der Waals surface area (Å²) in [5.41, 5.74) is 5.77. The Morgan fingerprint density at radius 2 is 2.00 bits per heavy atom. The van der Waals surface area contributed by atoms with Crippen molar-refractivity contribution in [1.29, 1.82) is 0 Å². The molecule has 1 heterocycles. The number of hydrogen-bond donors (Lipinski definition) is 1. The summed E-state index contributed by atoms with van der Waals surface area (Å²) < 4.78 is 18.5. The molecule has 0 saturated heterocycles. The molecule has 17 heavy (non-hydrogen) atoms. The van der Waals surface area contributed by atoms with E-state index >= 15 is 0 Å². The van der Waals surface area contributed by atoms with Crippen LogP contribution in [0.4, 0.5) is 4.39 Å². The van der Waals surface area contributed by atoms with Gasteiger partial charge in [-0.05, 0) is 25.0 Å². The van der Waals surface area contributed by atoms with E-state index in [4.69, 9.17) is 10.3 Å². The Hall–Kier alpha value is -1.46. The van der Waals surface area contributed by atoms with E-state index in [2.05, 4.69) is 10.1 Å². The van der Waals surface area contributed by atoms with Crippen molar-refractivity contribution in [2.45, 2.75) is 18.4 Å². The molecule has 0 atom stereocenters. The maximum absolute atomic E-state index is 13.4. The van der Waals surface area contributed by atoms with E-state index in [9.17, 15) is 4.39 Å². The van der Waals surface area contributed by atoms with Gasteiger partial charge in [0.05, 0.1) is 11.1 Å². The van der Waals surface area contributed by atoms with Crippen molar-refractivity contribution in [2.24, 2.45) is 5.73 Å². The van der Waals surface area contributed by atoms with Crippen LogP contribution < -0.4 is 5.73 Å². The van der Waals surface area contributed by atoms with Crippen molar-refractivity contribution < 1.29 is 8.91 Å². The van der Waals surface area contributed by atoms with Gasteiger partial charge in [0.25, 0.3) is 0 Å². The molecule has 1 fully saturated rings. The highest BCUT2D eigenvalue weighted by molar-refractivity contribution is 5.85. The van der Waals surface area contributed by atoms with E-state index in [1.165, 1.54) is 6.07 Å². The predicted octanol–water partition coefficient (Wildman–Crippen LogP) is 2.25. The van der Waals surface area contributed by atoms with Gasteiger partial charge in [0, 0.05) is 0 Å². The third kappa shape index (κ3) is 2.03. The van der Waals surface area contributed by atoms with Crippen LogP contribution in [0.2, 0.25) is 0 Å². The second kappa shape index (κ2) is 4.09. The Morgan fingerprint density at radius 1 is 1.29 bits per heavy atom. The standard InChI is InChI=1S/C11H10FN3O.ClH/c12-8-4-2-1-3-7(8)9-14-10(16-15-9)11(13)5-6-11;/h1-4H,5-6,13H2;1H. The molecule has 1 aromatic heterocycles. The maximum Gasteiger partial charge on any atom is 0.247 e. The summed E-state index contributed by atoms with van der Waals surface area (Å²) in [6.45, 7) is 0. The molecule has 0 unspecified atom stereocenters. The normalized spacial score (nSPS) is 16.4. The predicted molar refractivity (Wildman–Crippen MR) is 62.0 cm³/mol. The van der Waals surface area contributed by atoms with Crippen molar-refractivity contribution in [2.75, 3.05) is 0 Å². The highest BCUT2D eigenvalue weighted by atomic mass is 35.5. The van der Waals surface area contributed by atoms with Crippen molar-refractivity contribution in [1.82, 2.24) is 10.1 Å². The van der Waals surface area contributed by atoms with Gasteiger partial charge in [-0.3, -0.25) is 0 Å². The average molecular weight is 256 g/mol. The first-order valence-electron chi connectivity index (χ1n) is 5.07. The molecule has 1 aromatic carbocycles. The van der Waals surface area contributed by atoms with Gasteiger partial charge in [0.1, 0.15) is 5.82 Å². The molecule has 1 saturated carbocycles. The zero-order valence-electron chi connectivity index (χ0n) is 8.89. The number of benzene rings is 1. The second-order valence-electron chi connectivity index (χ2n) is 4.06. The Bertz CT molecular complexity index is 539. The van der Waals surface area contributed by atoms with Crippen LogP contribution in [-0.4, -0.2) is 10.1 Å². The van der Waals surface area contributed by atoms with E-state index in [1.54, 1.807) is 18.2 Å². The first-order chi connectivity index (χ1) is 7.69. The van der Waals surface area contributed by atoms with Crippen molar-refractivity contribution in [3.8, 4) is 11.4 Å². The van der Waals surface area contributed by atoms with Crippen LogP contribution in [0.1, 0.15) is 18.7 Å². The van der Waals surface area contributed by atoms with Crippen LogP contribution in [0.15, 0.2) is 28.8 Å². The Labute approximate surface area is 103 Å². The zero-order valence-corrected chi connectivity index (χ0v) is 9.71. The topological polar surface area (TPSA) is 64.9 Å². The highest BCUT2D eigenvalue weighted by Gasteiger charge is 2.45. The molecule has 0 bridgehead atoms. The molecule has 0 aliphatic heterocycles. The minimum absolute atomic E-state index is 0. The molecule has 4 nitrogen and oxygen atoms in total. The van der Waals surface area contributed by atoms with Gasteiger partial charge in [-0.15, -0.1) is 12.4 Å². The summed E-state index contributed by atoms with van der Waals surface area (Å²) in [4.78, 5) is 4.13. The number of rotatable bonds is 2. The minimum Gasteiger partial charge on any atom is -0.337 e. The number of aromatic nitrogens is 2. The van der Waals surface area contributed by atoms with Gasteiger partial charge < -0.3 is 10.3 Å². The summed E-state index contributed by atoms with van der Waals surface area (Å²) in [5.74, 6) is 0.285. The number of halogens is 2. The lowest BCUT2D eigenvalue weighted by atomic mass is 10.2. The first kappa shape index (κ1) is 12.0. The average Bonchev–Trinajstić information content (AvgIpc) is 2.84. The largest absolute Gasteiger partial charge is 0.337 e. The molecule has 90 valence electrons. The Balaban J connectivity index is 0.00000108. The summed E-state index contributed by atoms with van der Waals surface area (Å²) >= 11 is 0. The van der Waals surface area contributed by atoms with E-state index in [0.29, 0.717) is 11.5 Å². The van der Waals surface area contributed by atoms with E-state index in [0.717, 1.165) is 12.8 Å². The van der Waals surface area contributed by atoms with Crippen LogP contribution in [0, 0.1) is 5.82 Å². The SMILES string of the molecule is Cl.NC1(c2nc(-c3ccccc3F)no2)CC1. The summed E-state index contributed by atoms with van der Waals surface area (Å²) in [5, 5.41) is 3.75. The van der Waals surface area contributed by atoms with E-state index < -0.39 is 5.54 Å². The minimum atomic E-state index is -0.476. The summed E-state index contributed by atoms with van der Waals surface area (Å²) in [6.07, 6.45) is 1.68. The lowest BCUT2D eigenvalue weighted by molar-refractivity contribution is 0.348. The van der Waals surface area contributed by atoms with Crippen LogP contribution in [0.3, 0.4) is 0 Å². The van der Waals surface area contributed by atoms with Gasteiger partial charge in [-0.2, -0.15) is 4.98 Å². The van der Waals surface area contributed by atoms with Crippen LogP contribution in [-0.2, 0) is 5.54 Å². The summed E-state index contributed by atoms with van der Waals surface area (Å²) in [6, 6.07) is 6.32. The molecule has 2 aromatic rings. The molecule has 6 heteroatoms. The smallest absolute Gasteiger partial charge is 0.247 e. The fraction of sp³-hybridized carbons (Fsp3) is 0.273. The molecule has 0 radical (unpaired) electrons. The third-order valence-electron chi connectivity index (χ3n) is 2.76. The Morgan fingerprint density at radius 3 is 2.65 bits per heavy atom. The van der Waals surface area contributed by atoms with E-state index in [-0.39, 0.29) is 24.0 Å². The molecule has 1 aliphatic rings. The molecule has 0 amide bonds.